The van der Waals surface area contributed by atoms with E-state index in [1.165, 1.54) is 7.11 Å². The van der Waals surface area contributed by atoms with Crippen LogP contribution in [0.4, 0.5) is 0 Å². The van der Waals surface area contributed by atoms with Gasteiger partial charge in [-0.1, -0.05) is 0 Å². The first-order chi connectivity index (χ1) is 5.24. The van der Waals surface area contributed by atoms with Gasteiger partial charge in [-0.2, -0.15) is 0 Å². The van der Waals surface area contributed by atoms with Crippen LogP contribution < -0.4 is 5.32 Å². The Morgan fingerprint density at radius 1 is 1.82 bits per heavy atom. The molecule has 1 N–H and O–H groups in total. The molecule has 0 spiro atoms. The second kappa shape index (κ2) is 3.34. The molecule has 1 saturated heterocycles. The molecule has 0 aromatic heterocycles. The van der Waals surface area contributed by atoms with Crippen LogP contribution in [0.3, 0.4) is 0 Å². The van der Waals surface area contributed by atoms with Gasteiger partial charge in [0, 0.05) is 0 Å². The molecule has 1 fully saturated rings. The van der Waals surface area contributed by atoms with E-state index in [9.17, 15) is 9.59 Å². The molecule has 0 radical (unpaired) electrons. The van der Waals surface area contributed by atoms with Crippen molar-refractivity contribution >= 4 is 11.9 Å². The summed E-state index contributed by atoms with van der Waals surface area (Å²) in [5.41, 5.74) is 0. The van der Waals surface area contributed by atoms with E-state index in [4.69, 9.17) is 4.74 Å². The number of nitrogens with one attached hydrogen (secondary N) is 1. The lowest BCUT2D eigenvalue weighted by atomic mass is 10.3. The molecule has 62 valence electrons. The van der Waals surface area contributed by atoms with Crippen molar-refractivity contribution in [2.75, 3.05) is 20.3 Å². The minimum Gasteiger partial charge on any atom is -0.467 e. The van der Waals surface area contributed by atoms with Crippen LogP contribution >= 0.6 is 0 Å². The number of hydrogen-bond acceptors (Lipinski definition) is 4. The van der Waals surface area contributed by atoms with E-state index < -0.39 is 12.0 Å². The van der Waals surface area contributed by atoms with Gasteiger partial charge in [0.15, 0.2) is 6.04 Å². The molecule has 1 heterocycles. The van der Waals surface area contributed by atoms with Crippen LogP contribution in [0, 0.1) is 0 Å². The summed E-state index contributed by atoms with van der Waals surface area (Å²) in [6, 6.07) is -0.638. The van der Waals surface area contributed by atoms with Crippen LogP contribution in [0.1, 0.15) is 0 Å². The van der Waals surface area contributed by atoms with E-state index in [-0.39, 0.29) is 19.1 Å². The first-order valence-electron chi connectivity index (χ1n) is 3.19. The third kappa shape index (κ3) is 1.91. The Hall–Kier alpha value is -1.10. The predicted molar refractivity (Wildman–Crippen MR) is 34.8 cm³/mol. The van der Waals surface area contributed by atoms with Gasteiger partial charge in [-0.3, -0.25) is 4.79 Å². The van der Waals surface area contributed by atoms with E-state index in [2.05, 4.69) is 10.1 Å². The summed E-state index contributed by atoms with van der Waals surface area (Å²) < 4.78 is 9.21. The predicted octanol–water partition coefficient (Wildman–Crippen LogP) is -1.33. The first-order valence-corrected chi connectivity index (χ1v) is 3.19. The van der Waals surface area contributed by atoms with Crippen molar-refractivity contribution in [1.29, 1.82) is 0 Å². The third-order valence-corrected chi connectivity index (χ3v) is 1.34. The van der Waals surface area contributed by atoms with Gasteiger partial charge in [-0.25, -0.2) is 4.79 Å². The lowest BCUT2D eigenvalue weighted by Gasteiger charge is -2.20. The lowest BCUT2D eigenvalue weighted by Crippen LogP contribution is -2.50. The van der Waals surface area contributed by atoms with E-state index >= 15 is 0 Å². The summed E-state index contributed by atoms with van der Waals surface area (Å²) in [7, 11) is 1.27. The minimum absolute atomic E-state index is 0.0213. The summed E-state index contributed by atoms with van der Waals surface area (Å²) in [6.07, 6.45) is 0. The fourth-order valence-electron chi connectivity index (χ4n) is 0.816. The van der Waals surface area contributed by atoms with Crippen molar-refractivity contribution in [3.8, 4) is 0 Å². The second-order valence-corrected chi connectivity index (χ2v) is 2.16. The Labute approximate surface area is 63.7 Å². The highest BCUT2D eigenvalue weighted by Gasteiger charge is 2.25. The van der Waals surface area contributed by atoms with Crippen LogP contribution in [0.15, 0.2) is 0 Å². The average molecular weight is 159 g/mol. The quantitative estimate of drug-likeness (QED) is 0.482. The molecule has 5 heteroatoms. The molecular formula is C6H9NO4. The van der Waals surface area contributed by atoms with Crippen LogP contribution in [0.2, 0.25) is 0 Å². The molecule has 1 amide bonds. The monoisotopic (exact) mass is 159 g/mol. The maximum atomic E-state index is 10.8. The summed E-state index contributed by atoms with van der Waals surface area (Å²) >= 11 is 0. The molecule has 1 rings (SSSR count). The number of esters is 1. The summed E-state index contributed by atoms with van der Waals surface area (Å²) in [6.45, 7) is 0.214. The average Bonchev–Trinajstić information content (AvgIpc) is 2.03. The van der Waals surface area contributed by atoms with Gasteiger partial charge in [-0.15, -0.1) is 0 Å². The molecule has 0 bridgehead atoms. The lowest BCUT2D eigenvalue weighted by molar-refractivity contribution is -0.151. The highest BCUT2D eigenvalue weighted by molar-refractivity contribution is 5.86. The first kappa shape index (κ1) is 8.00. The molecule has 1 aliphatic heterocycles. The zero-order chi connectivity index (χ0) is 8.27. The highest BCUT2D eigenvalue weighted by Crippen LogP contribution is 1.95. The largest absolute Gasteiger partial charge is 0.467 e. The van der Waals surface area contributed by atoms with Crippen molar-refractivity contribution in [3.05, 3.63) is 0 Å². The van der Waals surface area contributed by atoms with Crippen LogP contribution in [-0.2, 0) is 19.1 Å². The van der Waals surface area contributed by atoms with Crippen molar-refractivity contribution in [1.82, 2.24) is 5.32 Å². The molecule has 0 aromatic rings. The normalized spacial score (nSPS) is 24.1. The Morgan fingerprint density at radius 2 is 2.55 bits per heavy atom. The smallest absolute Gasteiger partial charge is 0.330 e. The Kier molecular flexibility index (Phi) is 2.43. The Balaban J connectivity index is 2.45. The second-order valence-electron chi connectivity index (χ2n) is 2.16. The highest BCUT2D eigenvalue weighted by atomic mass is 16.5. The van der Waals surface area contributed by atoms with Crippen LogP contribution in [0.25, 0.3) is 0 Å². The number of methoxy groups -OCH3 is 1. The van der Waals surface area contributed by atoms with Crippen molar-refractivity contribution < 1.29 is 19.1 Å². The standard InChI is InChI=1S/C6H9NO4/c1-10-6(9)4-2-11-3-5(8)7-4/h4H,2-3H2,1H3,(H,7,8)/t4-/m1/s1. The Morgan fingerprint density at radius 3 is 3.09 bits per heavy atom. The number of carbonyl (C=O) groups is 2. The molecule has 11 heavy (non-hydrogen) atoms. The molecule has 0 saturated carbocycles. The fraction of sp³-hybridized carbons (Fsp3) is 0.667. The molecule has 5 nitrogen and oxygen atoms in total. The van der Waals surface area contributed by atoms with Gasteiger partial charge >= 0.3 is 5.97 Å². The van der Waals surface area contributed by atoms with Gasteiger partial charge in [-0.05, 0) is 0 Å². The molecule has 0 unspecified atom stereocenters. The number of carbonyl (C=O) groups excluding carboxylic acids is 2. The van der Waals surface area contributed by atoms with Gasteiger partial charge < -0.3 is 14.8 Å². The topological polar surface area (TPSA) is 64.6 Å². The molecule has 1 aliphatic rings. The molecule has 1 atom stereocenters. The van der Waals surface area contributed by atoms with Gasteiger partial charge in [0.25, 0.3) is 0 Å². The SMILES string of the molecule is COC(=O)[C@H]1COCC(=O)N1. The van der Waals surface area contributed by atoms with Gasteiger partial charge in [0.1, 0.15) is 6.61 Å². The Bertz CT molecular complexity index is 179. The summed E-state index contributed by atoms with van der Waals surface area (Å²) in [4.78, 5) is 21.4. The number of morpholine rings is 1. The van der Waals surface area contributed by atoms with Gasteiger partial charge in [0.2, 0.25) is 5.91 Å². The fourth-order valence-corrected chi connectivity index (χ4v) is 0.816. The summed E-state index contributed by atoms with van der Waals surface area (Å²) in [5.74, 6) is -0.760. The number of amides is 1. The molecule has 0 aliphatic carbocycles. The summed E-state index contributed by atoms with van der Waals surface area (Å²) in [5, 5.41) is 2.43. The van der Waals surface area contributed by atoms with E-state index in [1.54, 1.807) is 0 Å². The molecule has 0 aromatic carbocycles. The van der Waals surface area contributed by atoms with Crippen molar-refractivity contribution in [2.45, 2.75) is 6.04 Å². The molecular weight excluding hydrogens is 150 g/mol. The third-order valence-electron chi connectivity index (χ3n) is 1.34. The zero-order valence-electron chi connectivity index (χ0n) is 6.12. The van der Waals surface area contributed by atoms with Crippen LogP contribution in [-0.4, -0.2) is 38.2 Å². The maximum Gasteiger partial charge on any atom is 0.330 e. The van der Waals surface area contributed by atoms with Crippen molar-refractivity contribution in [3.63, 3.8) is 0 Å². The zero-order valence-corrected chi connectivity index (χ0v) is 6.12. The van der Waals surface area contributed by atoms with E-state index in [0.29, 0.717) is 0 Å². The van der Waals surface area contributed by atoms with E-state index in [0.717, 1.165) is 0 Å². The number of ether oxygens (including phenoxy) is 2. The van der Waals surface area contributed by atoms with E-state index in [1.807, 2.05) is 0 Å². The maximum absolute atomic E-state index is 10.8. The van der Waals surface area contributed by atoms with Crippen molar-refractivity contribution in [2.24, 2.45) is 0 Å². The van der Waals surface area contributed by atoms with Gasteiger partial charge in [0.05, 0.1) is 13.7 Å². The number of hydrogen-bond donors (Lipinski definition) is 1. The minimum atomic E-state index is -0.638. The number of rotatable bonds is 1. The van der Waals surface area contributed by atoms with Crippen LogP contribution in [0.5, 0.6) is 0 Å².